The van der Waals surface area contributed by atoms with Gasteiger partial charge in [0.15, 0.2) is 0 Å². The number of piperidine rings is 1. The van der Waals surface area contributed by atoms with Crippen LogP contribution in [0.25, 0.3) is 0 Å². The van der Waals surface area contributed by atoms with Crippen LogP contribution in [0.15, 0.2) is 59.3 Å². The highest BCUT2D eigenvalue weighted by atomic mass is 35.5. The second kappa shape index (κ2) is 8.55. The van der Waals surface area contributed by atoms with Gasteiger partial charge in [-0.25, -0.2) is 4.90 Å². The maximum Gasteiger partial charge on any atom is 0.283 e. The molecule has 6 nitrogen and oxygen atoms in total. The molecule has 2 aliphatic heterocycles. The number of hydrogen-bond acceptors (Lipinski definition) is 4. The van der Waals surface area contributed by atoms with Gasteiger partial charge in [0.2, 0.25) is 0 Å². The third kappa shape index (κ3) is 4.21. The van der Waals surface area contributed by atoms with E-state index in [1.54, 1.807) is 36.4 Å². The maximum absolute atomic E-state index is 12.9. The first-order chi connectivity index (χ1) is 14.8. The van der Waals surface area contributed by atoms with Crippen molar-refractivity contribution in [3.63, 3.8) is 0 Å². The van der Waals surface area contributed by atoms with Crippen molar-refractivity contribution in [2.75, 3.05) is 23.3 Å². The smallest absolute Gasteiger partial charge is 0.283 e. The minimum Gasteiger partial charge on any atom is -0.350 e. The molecule has 2 aliphatic rings. The lowest BCUT2D eigenvalue weighted by molar-refractivity contribution is -0.120. The van der Waals surface area contributed by atoms with Crippen LogP contribution in [0.5, 0.6) is 0 Å². The van der Waals surface area contributed by atoms with E-state index in [0.29, 0.717) is 22.9 Å². The molecule has 4 rings (SSSR count). The van der Waals surface area contributed by atoms with Gasteiger partial charge in [-0.1, -0.05) is 42.3 Å². The van der Waals surface area contributed by atoms with Gasteiger partial charge in [0.25, 0.3) is 17.7 Å². The van der Waals surface area contributed by atoms with E-state index in [-0.39, 0.29) is 16.6 Å². The molecular weight excluding hydrogens is 414 g/mol. The van der Waals surface area contributed by atoms with Crippen molar-refractivity contribution in [3.05, 3.63) is 70.4 Å². The van der Waals surface area contributed by atoms with Crippen molar-refractivity contribution in [3.8, 4) is 0 Å². The number of nitrogens with zero attached hydrogens (tertiary/aromatic N) is 2. The first kappa shape index (κ1) is 21.1. The summed E-state index contributed by atoms with van der Waals surface area (Å²) in [5.41, 5.74) is 2.53. The lowest BCUT2D eigenvalue weighted by atomic mass is 9.99. The second-order valence-corrected chi connectivity index (χ2v) is 8.55. The summed E-state index contributed by atoms with van der Waals surface area (Å²) in [6.07, 6.45) is 2.13. The third-order valence-electron chi connectivity index (χ3n) is 5.64. The minimum absolute atomic E-state index is 0.00318. The number of halogens is 1. The molecule has 3 amide bonds. The molecule has 0 bridgehead atoms. The lowest BCUT2D eigenvalue weighted by Gasteiger charge is -2.31. The van der Waals surface area contributed by atoms with Crippen LogP contribution in [0.4, 0.5) is 11.4 Å². The Morgan fingerprint density at radius 2 is 1.84 bits per heavy atom. The molecule has 1 N–H and O–H groups in total. The van der Waals surface area contributed by atoms with Crippen molar-refractivity contribution in [1.82, 2.24) is 4.90 Å². The van der Waals surface area contributed by atoms with Crippen LogP contribution < -0.4 is 10.2 Å². The molecule has 1 unspecified atom stereocenters. The summed E-state index contributed by atoms with van der Waals surface area (Å²) < 4.78 is 0. The number of rotatable bonds is 4. The van der Waals surface area contributed by atoms with Crippen molar-refractivity contribution >= 4 is 40.7 Å². The Labute approximate surface area is 186 Å². The Hall–Kier alpha value is -3.12. The summed E-state index contributed by atoms with van der Waals surface area (Å²) in [5.74, 6) is -0.656. The minimum atomic E-state index is -0.576. The average Bonchev–Trinajstić information content (AvgIpc) is 2.97. The number of carbonyl (C=O) groups is 3. The number of hydrogen-bond donors (Lipinski definition) is 1. The zero-order valence-electron chi connectivity index (χ0n) is 17.5. The Morgan fingerprint density at radius 1 is 1.10 bits per heavy atom. The highest BCUT2D eigenvalue weighted by molar-refractivity contribution is 6.53. The highest BCUT2D eigenvalue weighted by Crippen LogP contribution is 2.30. The van der Waals surface area contributed by atoms with Crippen molar-refractivity contribution < 1.29 is 14.4 Å². The lowest BCUT2D eigenvalue weighted by Crippen LogP contribution is -2.39. The topological polar surface area (TPSA) is 69.7 Å². The predicted octanol–water partition coefficient (Wildman–Crippen LogP) is 4.30. The highest BCUT2D eigenvalue weighted by Gasteiger charge is 2.39. The Kier molecular flexibility index (Phi) is 5.83. The van der Waals surface area contributed by atoms with Crippen LogP contribution in [0.1, 0.15) is 35.7 Å². The van der Waals surface area contributed by atoms with Gasteiger partial charge in [-0.05, 0) is 56.0 Å². The molecular formula is C24H24ClN3O3. The van der Waals surface area contributed by atoms with Gasteiger partial charge < -0.3 is 10.2 Å². The van der Waals surface area contributed by atoms with E-state index in [4.69, 9.17) is 11.6 Å². The third-order valence-corrected chi connectivity index (χ3v) is 5.99. The van der Waals surface area contributed by atoms with E-state index in [0.717, 1.165) is 36.4 Å². The quantitative estimate of drug-likeness (QED) is 0.724. The van der Waals surface area contributed by atoms with E-state index >= 15 is 0 Å². The fourth-order valence-electron chi connectivity index (χ4n) is 3.97. The van der Waals surface area contributed by atoms with Crippen LogP contribution in [0.3, 0.4) is 0 Å². The molecule has 0 saturated carbocycles. The van der Waals surface area contributed by atoms with Gasteiger partial charge in [-0.2, -0.15) is 0 Å². The maximum atomic E-state index is 12.9. The molecule has 0 radical (unpaired) electrons. The van der Waals surface area contributed by atoms with Crippen LogP contribution in [-0.4, -0.2) is 35.7 Å². The van der Waals surface area contributed by atoms with Gasteiger partial charge in [0, 0.05) is 24.3 Å². The number of anilines is 2. The standard InChI is InChI=1S/C24H24ClN3O3/c1-15-8-10-19(11-9-15)28-23(30)20(25)21(24(28)31)26-18-7-3-6-17(13-18)22(29)27-12-4-5-16(2)14-27/h3,6-11,13,16,26H,4-5,12,14H2,1-2H3. The van der Waals surface area contributed by atoms with Gasteiger partial charge in [0.05, 0.1) is 5.69 Å². The number of benzene rings is 2. The summed E-state index contributed by atoms with van der Waals surface area (Å²) in [7, 11) is 0. The van der Waals surface area contributed by atoms with Crippen LogP contribution in [-0.2, 0) is 9.59 Å². The molecule has 2 aromatic rings. The number of amides is 3. The molecule has 0 aliphatic carbocycles. The zero-order chi connectivity index (χ0) is 22.1. The van der Waals surface area contributed by atoms with Crippen LogP contribution >= 0.6 is 11.6 Å². The van der Waals surface area contributed by atoms with E-state index in [9.17, 15) is 14.4 Å². The van der Waals surface area contributed by atoms with E-state index < -0.39 is 11.8 Å². The summed E-state index contributed by atoms with van der Waals surface area (Å²) in [6.45, 7) is 5.56. The molecule has 160 valence electrons. The molecule has 31 heavy (non-hydrogen) atoms. The zero-order valence-corrected chi connectivity index (χ0v) is 18.3. The van der Waals surface area contributed by atoms with E-state index in [1.807, 2.05) is 24.0 Å². The number of aryl methyl sites for hydroxylation is 1. The van der Waals surface area contributed by atoms with Gasteiger partial charge in [-0.15, -0.1) is 0 Å². The van der Waals surface area contributed by atoms with Crippen LogP contribution in [0.2, 0.25) is 0 Å². The fraction of sp³-hybridized carbons (Fsp3) is 0.292. The Balaban J connectivity index is 1.54. The molecule has 0 aromatic heterocycles. The molecule has 0 spiro atoms. The predicted molar refractivity (Wildman–Crippen MR) is 121 cm³/mol. The first-order valence-corrected chi connectivity index (χ1v) is 10.7. The summed E-state index contributed by atoms with van der Waals surface area (Å²) in [4.78, 5) is 41.4. The molecule has 2 aromatic carbocycles. The number of carbonyl (C=O) groups excluding carboxylic acids is 3. The first-order valence-electron chi connectivity index (χ1n) is 10.4. The largest absolute Gasteiger partial charge is 0.350 e. The molecule has 1 saturated heterocycles. The number of likely N-dealkylation sites (tertiary alicyclic amines) is 1. The Morgan fingerprint density at radius 3 is 2.55 bits per heavy atom. The van der Waals surface area contributed by atoms with Crippen molar-refractivity contribution in [2.45, 2.75) is 26.7 Å². The summed E-state index contributed by atoms with van der Waals surface area (Å²) in [6, 6.07) is 14.0. The summed E-state index contributed by atoms with van der Waals surface area (Å²) >= 11 is 6.22. The fourth-order valence-corrected chi connectivity index (χ4v) is 4.18. The van der Waals surface area contributed by atoms with Gasteiger partial charge >= 0.3 is 0 Å². The normalized spacial score (nSPS) is 19.3. The molecule has 1 fully saturated rings. The second-order valence-electron chi connectivity index (χ2n) is 8.17. The van der Waals surface area contributed by atoms with Crippen molar-refractivity contribution in [1.29, 1.82) is 0 Å². The number of imide groups is 1. The molecule has 7 heteroatoms. The van der Waals surface area contributed by atoms with Gasteiger partial charge in [0.1, 0.15) is 10.7 Å². The Bertz CT molecular complexity index is 1080. The van der Waals surface area contributed by atoms with E-state index in [1.165, 1.54) is 0 Å². The monoisotopic (exact) mass is 437 g/mol. The van der Waals surface area contributed by atoms with Gasteiger partial charge in [-0.3, -0.25) is 14.4 Å². The molecule has 1 atom stereocenters. The summed E-state index contributed by atoms with van der Waals surface area (Å²) in [5, 5.41) is 2.78. The molecule has 2 heterocycles. The SMILES string of the molecule is Cc1ccc(N2C(=O)C(Cl)=C(Nc3cccc(C(=O)N4CCCC(C)C4)c3)C2=O)cc1. The average molecular weight is 438 g/mol. The van der Waals surface area contributed by atoms with E-state index in [2.05, 4.69) is 12.2 Å². The van der Waals surface area contributed by atoms with Crippen LogP contribution in [0, 0.1) is 12.8 Å². The van der Waals surface area contributed by atoms with Crippen molar-refractivity contribution in [2.24, 2.45) is 5.92 Å². The number of nitrogens with one attached hydrogen (secondary N) is 1.